The summed E-state index contributed by atoms with van der Waals surface area (Å²) < 4.78 is 93.5. The number of amides is 2. The molecule has 1 aromatic carbocycles. The molecule has 0 spiro atoms. The van der Waals surface area contributed by atoms with Crippen molar-refractivity contribution in [2.75, 3.05) is 13.1 Å². The van der Waals surface area contributed by atoms with Crippen molar-refractivity contribution in [3.05, 3.63) is 35.9 Å². The minimum Gasteiger partial charge on any atom is -0.370 e. The predicted molar refractivity (Wildman–Crippen MR) is 126 cm³/mol. The summed E-state index contributed by atoms with van der Waals surface area (Å²) in [6.45, 7) is -0.254. The van der Waals surface area contributed by atoms with Gasteiger partial charge in [-0.2, -0.15) is 30.7 Å². The van der Waals surface area contributed by atoms with Gasteiger partial charge in [-0.05, 0) is 37.7 Å². The van der Waals surface area contributed by atoms with E-state index in [9.17, 15) is 45.1 Å². The van der Waals surface area contributed by atoms with Crippen molar-refractivity contribution in [2.45, 2.75) is 68.3 Å². The topological polar surface area (TPSA) is 157 Å². The van der Waals surface area contributed by atoms with Gasteiger partial charge < -0.3 is 27.4 Å². The molecule has 0 aromatic heterocycles. The van der Waals surface area contributed by atoms with Crippen LogP contribution in [0.5, 0.6) is 0 Å². The zero-order valence-corrected chi connectivity index (χ0v) is 20.6. The van der Waals surface area contributed by atoms with E-state index in [1.165, 1.54) is 0 Å². The minimum absolute atomic E-state index is 0.0135. The third kappa shape index (κ3) is 7.58. The average Bonchev–Trinajstić information content (AvgIpc) is 3.34. The summed E-state index contributed by atoms with van der Waals surface area (Å²) in [5.41, 5.74) is 17.0. The molecular formula is C23H29F7N6O3. The minimum atomic E-state index is -6.75. The fourth-order valence-corrected chi connectivity index (χ4v) is 4.06. The maximum absolute atomic E-state index is 14.2. The summed E-state index contributed by atoms with van der Waals surface area (Å²) in [6, 6.07) is 3.76. The highest BCUT2D eigenvalue weighted by atomic mass is 19.4. The van der Waals surface area contributed by atoms with Crippen molar-refractivity contribution in [3.63, 3.8) is 0 Å². The summed E-state index contributed by atoms with van der Waals surface area (Å²) in [6.07, 6.45) is -7.47. The molecule has 2 amide bonds. The van der Waals surface area contributed by atoms with Crippen LogP contribution in [0.1, 0.15) is 31.2 Å². The molecule has 0 saturated carbocycles. The van der Waals surface area contributed by atoms with Crippen LogP contribution in [0, 0.1) is 0 Å². The molecule has 218 valence electrons. The lowest BCUT2D eigenvalue weighted by Crippen LogP contribution is -2.62. The number of hydrogen-bond acceptors (Lipinski definition) is 5. The number of carbonyl (C=O) groups excluding carboxylic acids is 3. The van der Waals surface area contributed by atoms with Gasteiger partial charge in [-0.15, -0.1) is 0 Å². The number of nitrogens with two attached hydrogens (primary N) is 3. The van der Waals surface area contributed by atoms with Crippen LogP contribution >= 0.6 is 0 Å². The molecule has 1 saturated heterocycles. The van der Waals surface area contributed by atoms with E-state index in [2.05, 4.69) is 4.99 Å². The lowest BCUT2D eigenvalue weighted by molar-refractivity contribution is -0.343. The number of halogens is 7. The molecule has 1 heterocycles. The Hall–Kier alpha value is -3.43. The first-order chi connectivity index (χ1) is 18.0. The lowest BCUT2D eigenvalue weighted by atomic mass is 9.96. The van der Waals surface area contributed by atoms with Crippen LogP contribution in [0.2, 0.25) is 0 Å². The van der Waals surface area contributed by atoms with Gasteiger partial charge in [0.25, 0.3) is 0 Å². The molecule has 39 heavy (non-hydrogen) atoms. The van der Waals surface area contributed by atoms with Crippen molar-refractivity contribution in [3.8, 4) is 0 Å². The number of guanidine groups is 1. The van der Waals surface area contributed by atoms with Gasteiger partial charge in [-0.3, -0.25) is 19.4 Å². The van der Waals surface area contributed by atoms with Crippen LogP contribution in [0.15, 0.2) is 35.3 Å². The molecule has 7 N–H and O–H groups in total. The molecule has 1 aliphatic rings. The van der Waals surface area contributed by atoms with Gasteiger partial charge >= 0.3 is 18.0 Å². The molecule has 0 bridgehead atoms. The van der Waals surface area contributed by atoms with Gasteiger partial charge in [0, 0.05) is 13.1 Å². The Bertz CT molecular complexity index is 1050. The van der Waals surface area contributed by atoms with E-state index in [-0.39, 0.29) is 38.8 Å². The number of aliphatic imine (C=N–C) groups is 1. The second-order valence-corrected chi connectivity index (χ2v) is 9.01. The molecule has 2 rings (SSSR count). The van der Waals surface area contributed by atoms with Gasteiger partial charge in [0.05, 0.1) is 12.1 Å². The van der Waals surface area contributed by atoms with E-state index in [1.807, 2.05) is 5.32 Å². The smallest absolute Gasteiger partial charge is 0.370 e. The maximum atomic E-state index is 14.2. The summed E-state index contributed by atoms with van der Waals surface area (Å²) in [7, 11) is 0. The van der Waals surface area contributed by atoms with E-state index in [4.69, 9.17) is 17.2 Å². The van der Waals surface area contributed by atoms with Crippen molar-refractivity contribution < 1.29 is 45.1 Å². The van der Waals surface area contributed by atoms with Gasteiger partial charge in [-0.25, -0.2) is 0 Å². The van der Waals surface area contributed by atoms with Crippen LogP contribution in [-0.2, 0) is 20.8 Å². The van der Waals surface area contributed by atoms with Gasteiger partial charge in [-0.1, -0.05) is 30.3 Å². The zero-order chi connectivity index (χ0) is 29.6. The molecule has 0 radical (unpaired) electrons. The quantitative estimate of drug-likeness (QED) is 0.129. The fraction of sp³-hybridized carbons (Fsp3) is 0.565. The Morgan fingerprint density at radius 1 is 1.05 bits per heavy atom. The van der Waals surface area contributed by atoms with Crippen LogP contribution in [-0.4, -0.2) is 77.7 Å². The molecule has 0 aliphatic carbocycles. The maximum Gasteiger partial charge on any atom is 0.460 e. The molecular weight excluding hydrogens is 541 g/mol. The van der Waals surface area contributed by atoms with Crippen LogP contribution in [0.25, 0.3) is 0 Å². The number of carbonyl (C=O) groups is 3. The number of ketones is 1. The highest BCUT2D eigenvalue weighted by Crippen LogP contribution is 2.47. The summed E-state index contributed by atoms with van der Waals surface area (Å²) >= 11 is 0. The predicted octanol–water partition coefficient (Wildman–Crippen LogP) is 1.49. The summed E-state index contributed by atoms with van der Waals surface area (Å²) in [5.74, 6) is -18.0. The standard InChI is InChI=1S/C23H29F7N6O3/c24-21(25,22(26,27)23(28,29)30)17(37)15(8-4-10-34-20(32)33)35-18(38)16-9-5-11-36(16)19(39)14(31)12-13-6-2-1-3-7-13/h1-3,6-7,14-16H,4-5,8-12,31H2,(H,35,38)(H4,32,33,34)/t14-,15+,16+/m1/s1. The third-order valence-electron chi connectivity index (χ3n) is 6.09. The molecule has 16 heteroatoms. The van der Waals surface area contributed by atoms with Crippen LogP contribution in [0.4, 0.5) is 30.7 Å². The zero-order valence-electron chi connectivity index (χ0n) is 20.6. The van der Waals surface area contributed by atoms with Crippen LogP contribution < -0.4 is 22.5 Å². The highest BCUT2D eigenvalue weighted by Gasteiger charge is 2.76. The molecule has 0 unspecified atom stereocenters. The molecule has 9 nitrogen and oxygen atoms in total. The number of hydrogen-bond donors (Lipinski definition) is 4. The van der Waals surface area contributed by atoms with Crippen molar-refractivity contribution in [1.82, 2.24) is 10.2 Å². The fourth-order valence-electron chi connectivity index (χ4n) is 4.06. The van der Waals surface area contributed by atoms with Gasteiger partial charge in [0.15, 0.2) is 5.96 Å². The van der Waals surface area contributed by atoms with E-state index < -0.39 is 66.1 Å². The van der Waals surface area contributed by atoms with E-state index in [0.29, 0.717) is 0 Å². The van der Waals surface area contributed by atoms with E-state index in [0.717, 1.165) is 10.5 Å². The SMILES string of the molecule is NC(N)=NCCC[C@H](NC(=O)[C@@H]1CCCN1C(=O)[C@H](N)Cc1ccccc1)C(=O)C(F)(F)C(F)(F)C(F)(F)F. The van der Waals surface area contributed by atoms with Crippen molar-refractivity contribution >= 4 is 23.6 Å². The number of nitrogens with one attached hydrogen (secondary N) is 1. The Labute approximate surface area is 218 Å². The van der Waals surface area contributed by atoms with Crippen molar-refractivity contribution in [2.24, 2.45) is 22.2 Å². The Kier molecular flexibility index (Phi) is 10.3. The first kappa shape index (κ1) is 31.8. The first-order valence-electron chi connectivity index (χ1n) is 11.8. The van der Waals surface area contributed by atoms with Gasteiger partial charge in [0.2, 0.25) is 17.6 Å². The third-order valence-corrected chi connectivity index (χ3v) is 6.09. The van der Waals surface area contributed by atoms with E-state index in [1.54, 1.807) is 30.3 Å². The van der Waals surface area contributed by atoms with E-state index >= 15 is 0 Å². The number of benzene rings is 1. The number of Topliss-reactive ketones (excluding diaryl/α,β-unsaturated/α-hetero) is 1. The second kappa shape index (κ2) is 12.6. The number of likely N-dealkylation sites (tertiary alicyclic amines) is 1. The highest BCUT2D eigenvalue weighted by molar-refractivity contribution is 5.97. The Balaban J connectivity index is 2.23. The largest absolute Gasteiger partial charge is 0.460 e. The molecule has 1 aromatic rings. The lowest BCUT2D eigenvalue weighted by Gasteiger charge is -2.31. The summed E-state index contributed by atoms with van der Waals surface area (Å²) in [4.78, 5) is 42.8. The monoisotopic (exact) mass is 570 g/mol. The number of nitrogens with zero attached hydrogens (tertiary/aromatic N) is 2. The second-order valence-electron chi connectivity index (χ2n) is 9.01. The molecule has 3 atom stereocenters. The first-order valence-corrected chi connectivity index (χ1v) is 11.8. The average molecular weight is 571 g/mol. The van der Waals surface area contributed by atoms with Crippen molar-refractivity contribution in [1.29, 1.82) is 0 Å². The Morgan fingerprint density at radius 2 is 1.67 bits per heavy atom. The number of rotatable bonds is 12. The molecule has 1 aliphatic heterocycles. The van der Waals surface area contributed by atoms with Crippen LogP contribution in [0.3, 0.4) is 0 Å². The summed E-state index contributed by atoms with van der Waals surface area (Å²) in [5, 5.41) is 1.84. The normalized spacial score (nSPS) is 17.8. The Morgan fingerprint density at radius 3 is 2.23 bits per heavy atom. The molecule has 1 fully saturated rings. The number of alkyl halides is 7. The van der Waals surface area contributed by atoms with Gasteiger partial charge in [0.1, 0.15) is 6.04 Å².